The first-order valence-electron chi connectivity index (χ1n) is 5.06. The first-order valence-corrected chi connectivity index (χ1v) is 8.30. The third-order valence-corrected chi connectivity index (χ3v) is 4.93. The fraction of sp³-hybridized carbons (Fsp3) is 0.273. The largest absolute Gasteiger partial charge is 0.397 e. The topological polar surface area (TPSA) is 69.4 Å². The number of ether oxygens (including phenoxy) is 1. The van der Waals surface area contributed by atoms with Crippen molar-refractivity contribution in [3.63, 3.8) is 0 Å². The summed E-state index contributed by atoms with van der Waals surface area (Å²) in [7, 11) is 0. The van der Waals surface area contributed by atoms with Gasteiger partial charge in [-0.3, -0.25) is 4.79 Å². The molecular weight excluding hydrogens is 575 g/mol. The molecule has 0 saturated carbocycles. The van der Waals surface area contributed by atoms with Gasteiger partial charge in [0, 0.05) is 13.6 Å². The van der Waals surface area contributed by atoms with Crippen LogP contribution in [-0.4, -0.2) is 11.9 Å². The molecule has 0 unspecified atom stereocenters. The van der Waals surface area contributed by atoms with Crippen LogP contribution in [0.5, 0.6) is 0 Å². The molecular formula is C11H10I3NO3. The van der Waals surface area contributed by atoms with Crippen molar-refractivity contribution in [1.82, 2.24) is 0 Å². The van der Waals surface area contributed by atoms with E-state index in [0.29, 0.717) is 21.2 Å². The van der Waals surface area contributed by atoms with Crippen molar-refractivity contribution in [1.29, 1.82) is 0 Å². The number of nitrogen functional groups attached to an aromatic ring is 1. The molecule has 1 aromatic rings. The van der Waals surface area contributed by atoms with Gasteiger partial charge in [0.1, 0.15) is 0 Å². The number of esters is 2. The Hall–Kier alpha value is 0.350. The average Bonchev–Trinajstić information content (AvgIpc) is 2.26. The molecule has 0 bridgehead atoms. The van der Waals surface area contributed by atoms with Crippen LogP contribution in [0, 0.1) is 10.7 Å². The van der Waals surface area contributed by atoms with Gasteiger partial charge < -0.3 is 10.5 Å². The van der Waals surface area contributed by atoms with Gasteiger partial charge in [0.15, 0.2) is 0 Å². The molecule has 0 radical (unpaired) electrons. The van der Waals surface area contributed by atoms with E-state index < -0.39 is 11.9 Å². The molecule has 18 heavy (non-hydrogen) atoms. The maximum absolute atomic E-state index is 11.9. The highest BCUT2D eigenvalue weighted by molar-refractivity contribution is 14.1. The monoisotopic (exact) mass is 585 g/mol. The van der Waals surface area contributed by atoms with E-state index in [1.807, 2.05) is 52.1 Å². The molecule has 0 amide bonds. The Kier molecular flexibility index (Phi) is 6.58. The number of carbonyl (C=O) groups is 2. The minimum absolute atomic E-state index is 0.235. The summed E-state index contributed by atoms with van der Waals surface area (Å²) in [6, 6.07) is 1.79. The molecule has 0 saturated heterocycles. The number of rotatable bonds is 3. The van der Waals surface area contributed by atoms with Crippen LogP contribution in [0.25, 0.3) is 0 Å². The summed E-state index contributed by atoms with van der Waals surface area (Å²) < 4.78 is 7.01. The van der Waals surface area contributed by atoms with E-state index in [-0.39, 0.29) is 6.42 Å². The highest BCUT2D eigenvalue weighted by Gasteiger charge is 2.21. The second-order valence-corrected chi connectivity index (χ2v) is 6.86. The van der Waals surface area contributed by atoms with Gasteiger partial charge in [0.25, 0.3) is 0 Å². The third-order valence-electron chi connectivity index (χ3n) is 2.07. The van der Waals surface area contributed by atoms with Crippen LogP contribution < -0.4 is 5.73 Å². The van der Waals surface area contributed by atoms with Gasteiger partial charge >= 0.3 is 11.9 Å². The third kappa shape index (κ3) is 3.92. The number of anilines is 1. The van der Waals surface area contributed by atoms with E-state index in [2.05, 4.69) is 22.6 Å². The Labute approximate surface area is 146 Å². The molecule has 0 aromatic heterocycles. The molecule has 0 aliphatic heterocycles. The van der Waals surface area contributed by atoms with Crippen LogP contribution >= 0.6 is 67.8 Å². The van der Waals surface area contributed by atoms with Crippen LogP contribution in [0.3, 0.4) is 0 Å². The fourth-order valence-corrected chi connectivity index (χ4v) is 5.01. The van der Waals surface area contributed by atoms with Crippen LogP contribution in [0.15, 0.2) is 6.07 Å². The zero-order chi connectivity index (χ0) is 13.9. The van der Waals surface area contributed by atoms with E-state index in [1.165, 1.54) is 0 Å². The van der Waals surface area contributed by atoms with Crippen molar-refractivity contribution in [2.45, 2.75) is 19.8 Å². The second-order valence-electron chi connectivity index (χ2n) is 3.45. The molecule has 4 nitrogen and oxygen atoms in total. The number of nitrogens with two attached hydrogens (primary N) is 1. The second kappa shape index (κ2) is 7.22. The normalized spacial score (nSPS) is 10.2. The van der Waals surface area contributed by atoms with Crippen molar-refractivity contribution in [2.24, 2.45) is 0 Å². The van der Waals surface area contributed by atoms with Crippen LogP contribution in [0.1, 0.15) is 30.1 Å². The number of halogens is 3. The van der Waals surface area contributed by atoms with Crippen molar-refractivity contribution >= 4 is 85.4 Å². The Bertz CT molecular complexity index is 503. The first kappa shape index (κ1) is 16.4. The molecule has 2 N–H and O–H groups in total. The van der Waals surface area contributed by atoms with Crippen LogP contribution in [-0.2, 0) is 9.53 Å². The van der Waals surface area contributed by atoms with E-state index in [4.69, 9.17) is 10.5 Å². The number of hydrogen-bond donors (Lipinski definition) is 1. The van der Waals surface area contributed by atoms with Gasteiger partial charge in [-0.05, 0) is 80.3 Å². The van der Waals surface area contributed by atoms with E-state index in [9.17, 15) is 9.59 Å². The van der Waals surface area contributed by atoms with Gasteiger partial charge in [0.05, 0.1) is 14.8 Å². The maximum atomic E-state index is 11.9. The zero-order valence-electron chi connectivity index (χ0n) is 9.43. The molecule has 0 aliphatic rings. The Morgan fingerprint density at radius 3 is 2.44 bits per heavy atom. The van der Waals surface area contributed by atoms with Crippen LogP contribution in [0.2, 0.25) is 0 Å². The van der Waals surface area contributed by atoms with E-state index >= 15 is 0 Å². The van der Waals surface area contributed by atoms with Crippen molar-refractivity contribution in [2.75, 3.05) is 5.73 Å². The molecule has 0 fully saturated rings. The standard InChI is InChI=1S/C11H10I3NO3/c1-2-3-7(16)18-11(17)8-5(12)4-6(13)10(15)9(8)14/h4H,2-3,15H2,1H3. The number of carbonyl (C=O) groups excluding carboxylic acids is 2. The lowest BCUT2D eigenvalue weighted by Crippen LogP contribution is -2.16. The van der Waals surface area contributed by atoms with Gasteiger partial charge in [-0.15, -0.1) is 0 Å². The van der Waals surface area contributed by atoms with Gasteiger partial charge in [-0.2, -0.15) is 0 Å². The minimum Gasteiger partial charge on any atom is -0.397 e. The summed E-state index contributed by atoms with van der Waals surface area (Å²) in [4.78, 5) is 23.2. The van der Waals surface area contributed by atoms with Gasteiger partial charge in [-0.25, -0.2) is 4.79 Å². The Morgan fingerprint density at radius 2 is 1.89 bits per heavy atom. The predicted molar refractivity (Wildman–Crippen MR) is 94.3 cm³/mol. The number of benzene rings is 1. The highest BCUT2D eigenvalue weighted by Crippen LogP contribution is 2.30. The average molecular weight is 585 g/mol. The van der Waals surface area contributed by atoms with Gasteiger partial charge in [-0.1, -0.05) is 6.92 Å². The molecule has 7 heteroatoms. The van der Waals surface area contributed by atoms with Gasteiger partial charge in [0.2, 0.25) is 0 Å². The van der Waals surface area contributed by atoms with E-state index in [1.54, 1.807) is 6.07 Å². The molecule has 0 heterocycles. The molecule has 0 aliphatic carbocycles. The van der Waals surface area contributed by atoms with E-state index in [0.717, 1.165) is 7.14 Å². The predicted octanol–water partition coefficient (Wildman–Crippen LogP) is 3.57. The Balaban J connectivity index is 3.07. The molecule has 0 spiro atoms. The lowest BCUT2D eigenvalue weighted by Gasteiger charge is -2.10. The summed E-state index contributed by atoms with van der Waals surface area (Å²) in [5.74, 6) is -1.14. The highest BCUT2D eigenvalue weighted by atomic mass is 127. The summed E-state index contributed by atoms with van der Waals surface area (Å²) in [6.07, 6.45) is 0.883. The van der Waals surface area contributed by atoms with Crippen molar-refractivity contribution < 1.29 is 14.3 Å². The smallest absolute Gasteiger partial charge is 0.348 e. The SMILES string of the molecule is CCCC(=O)OC(=O)c1c(I)cc(I)c(N)c1I. The Morgan fingerprint density at radius 1 is 1.28 bits per heavy atom. The maximum Gasteiger partial charge on any atom is 0.348 e. The molecule has 1 aromatic carbocycles. The van der Waals surface area contributed by atoms with Crippen LogP contribution in [0.4, 0.5) is 5.69 Å². The summed E-state index contributed by atoms with van der Waals surface area (Å²) in [5, 5.41) is 0. The molecule has 98 valence electrons. The lowest BCUT2D eigenvalue weighted by molar-refractivity contribution is -0.138. The molecule has 1 rings (SSSR count). The first-order chi connectivity index (χ1) is 8.38. The fourth-order valence-electron chi connectivity index (χ4n) is 1.20. The quantitative estimate of drug-likeness (QED) is 0.255. The molecule has 0 atom stereocenters. The number of hydrogen-bond acceptors (Lipinski definition) is 4. The van der Waals surface area contributed by atoms with Crippen molar-refractivity contribution in [3.8, 4) is 0 Å². The summed E-state index contributed by atoms with van der Waals surface area (Å²) in [6.45, 7) is 1.85. The van der Waals surface area contributed by atoms with Crippen molar-refractivity contribution in [3.05, 3.63) is 22.3 Å². The lowest BCUT2D eigenvalue weighted by atomic mass is 10.2. The summed E-state index contributed by atoms with van der Waals surface area (Å²) in [5.41, 5.74) is 6.76. The zero-order valence-corrected chi connectivity index (χ0v) is 15.9. The summed E-state index contributed by atoms with van der Waals surface area (Å²) >= 11 is 6.13. The minimum atomic E-state index is -0.634.